The summed E-state index contributed by atoms with van der Waals surface area (Å²) in [6, 6.07) is 7.38. The molecular formula is C17H17N5O4. The van der Waals surface area contributed by atoms with Gasteiger partial charge >= 0.3 is 6.09 Å². The molecule has 1 atom stereocenters. The SMILES string of the molecule is CC(=CNC[C@H]1CN(c2ccc(-c3cccnc3)cn2)C(=O)O1)[N+](=O)[O-]. The molecule has 3 rings (SSSR count). The molecule has 0 aromatic carbocycles. The summed E-state index contributed by atoms with van der Waals surface area (Å²) in [6.07, 6.45) is 5.49. The molecule has 1 saturated heterocycles. The van der Waals surface area contributed by atoms with Crippen molar-refractivity contribution in [2.75, 3.05) is 18.0 Å². The number of carbonyl (C=O) groups excluding carboxylic acids is 1. The molecular weight excluding hydrogens is 338 g/mol. The first kappa shape index (κ1) is 17.3. The van der Waals surface area contributed by atoms with Crippen molar-refractivity contribution >= 4 is 11.9 Å². The summed E-state index contributed by atoms with van der Waals surface area (Å²) in [4.78, 5) is 31.9. The number of anilines is 1. The molecule has 26 heavy (non-hydrogen) atoms. The van der Waals surface area contributed by atoms with Crippen molar-refractivity contribution in [3.63, 3.8) is 0 Å². The van der Waals surface area contributed by atoms with Crippen LogP contribution in [0, 0.1) is 10.1 Å². The van der Waals surface area contributed by atoms with Crippen molar-refractivity contribution in [3.8, 4) is 11.1 Å². The number of ether oxygens (including phenoxy) is 1. The first-order chi connectivity index (χ1) is 12.5. The first-order valence-electron chi connectivity index (χ1n) is 7.94. The fraction of sp³-hybridized carbons (Fsp3) is 0.235. The number of hydrogen-bond donors (Lipinski definition) is 1. The summed E-state index contributed by atoms with van der Waals surface area (Å²) >= 11 is 0. The number of amides is 1. The number of cyclic esters (lactones) is 1. The molecule has 1 aliphatic heterocycles. The summed E-state index contributed by atoms with van der Waals surface area (Å²) in [5.41, 5.74) is 1.82. The van der Waals surface area contributed by atoms with Crippen molar-refractivity contribution in [3.05, 3.63) is 64.9 Å². The van der Waals surface area contributed by atoms with Gasteiger partial charge in [-0.1, -0.05) is 6.07 Å². The first-order valence-corrected chi connectivity index (χ1v) is 7.94. The number of hydrogen-bond acceptors (Lipinski definition) is 7. The second-order valence-corrected chi connectivity index (χ2v) is 5.71. The van der Waals surface area contributed by atoms with Gasteiger partial charge in [-0.2, -0.15) is 0 Å². The third kappa shape index (κ3) is 3.94. The fourth-order valence-electron chi connectivity index (χ4n) is 2.46. The minimum Gasteiger partial charge on any atom is -0.442 e. The van der Waals surface area contributed by atoms with Gasteiger partial charge in [0.2, 0.25) is 0 Å². The molecule has 2 aromatic heterocycles. The van der Waals surface area contributed by atoms with Crippen LogP contribution >= 0.6 is 0 Å². The maximum Gasteiger partial charge on any atom is 0.416 e. The number of pyridine rings is 2. The molecule has 134 valence electrons. The summed E-state index contributed by atoms with van der Waals surface area (Å²) in [5, 5.41) is 13.3. The highest BCUT2D eigenvalue weighted by molar-refractivity contribution is 5.88. The third-order valence-electron chi connectivity index (χ3n) is 3.84. The van der Waals surface area contributed by atoms with Gasteiger partial charge in [0.15, 0.2) is 0 Å². The van der Waals surface area contributed by atoms with Gasteiger partial charge in [0, 0.05) is 36.6 Å². The molecule has 1 amide bonds. The lowest BCUT2D eigenvalue weighted by Gasteiger charge is -2.12. The number of allylic oxidation sites excluding steroid dienone is 1. The maximum atomic E-state index is 12.0. The van der Waals surface area contributed by atoms with Crippen molar-refractivity contribution in [1.82, 2.24) is 15.3 Å². The zero-order valence-electron chi connectivity index (χ0n) is 14.0. The smallest absolute Gasteiger partial charge is 0.416 e. The monoisotopic (exact) mass is 355 g/mol. The highest BCUT2D eigenvalue weighted by Crippen LogP contribution is 2.23. The lowest BCUT2D eigenvalue weighted by molar-refractivity contribution is -0.424. The van der Waals surface area contributed by atoms with Gasteiger partial charge in [0.1, 0.15) is 11.9 Å². The average molecular weight is 355 g/mol. The van der Waals surface area contributed by atoms with E-state index in [2.05, 4.69) is 15.3 Å². The fourth-order valence-corrected chi connectivity index (χ4v) is 2.46. The second-order valence-electron chi connectivity index (χ2n) is 5.71. The average Bonchev–Trinajstić information content (AvgIpc) is 3.03. The Morgan fingerprint density at radius 1 is 1.42 bits per heavy atom. The third-order valence-corrected chi connectivity index (χ3v) is 3.84. The molecule has 1 aliphatic rings. The number of rotatable bonds is 6. The van der Waals surface area contributed by atoms with E-state index in [1.54, 1.807) is 24.7 Å². The van der Waals surface area contributed by atoms with Crippen molar-refractivity contribution in [2.45, 2.75) is 13.0 Å². The van der Waals surface area contributed by atoms with E-state index in [4.69, 9.17) is 4.74 Å². The van der Waals surface area contributed by atoms with Gasteiger partial charge in [-0.15, -0.1) is 0 Å². The van der Waals surface area contributed by atoms with Crippen LogP contribution in [0.3, 0.4) is 0 Å². The summed E-state index contributed by atoms with van der Waals surface area (Å²) < 4.78 is 5.26. The molecule has 9 heteroatoms. The van der Waals surface area contributed by atoms with Gasteiger partial charge < -0.3 is 10.1 Å². The van der Waals surface area contributed by atoms with Crippen molar-refractivity contribution < 1.29 is 14.5 Å². The largest absolute Gasteiger partial charge is 0.442 e. The lowest BCUT2D eigenvalue weighted by Crippen LogP contribution is -2.29. The number of nitrogens with one attached hydrogen (secondary N) is 1. The Morgan fingerprint density at radius 2 is 2.23 bits per heavy atom. The highest BCUT2D eigenvalue weighted by atomic mass is 16.6. The van der Waals surface area contributed by atoms with Crippen LogP contribution in [0.2, 0.25) is 0 Å². The van der Waals surface area contributed by atoms with E-state index in [-0.39, 0.29) is 12.2 Å². The van der Waals surface area contributed by atoms with E-state index < -0.39 is 17.1 Å². The summed E-state index contributed by atoms with van der Waals surface area (Å²) in [7, 11) is 0. The predicted octanol–water partition coefficient (Wildman–Crippen LogP) is 2.20. The molecule has 0 radical (unpaired) electrons. The molecule has 0 saturated carbocycles. The predicted molar refractivity (Wildman–Crippen MR) is 93.8 cm³/mol. The van der Waals surface area contributed by atoms with Crippen LogP contribution in [-0.2, 0) is 4.74 Å². The number of carbonyl (C=O) groups is 1. The topological polar surface area (TPSA) is 110 Å². The van der Waals surface area contributed by atoms with Crippen LogP contribution in [0.5, 0.6) is 0 Å². The Hall–Kier alpha value is -3.49. The highest BCUT2D eigenvalue weighted by Gasteiger charge is 2.32. The molecule has 0 aliphatic carbocycles. The van der Waals surface area contributed by atoms with Crippen molar-refractivity contribution in [1.29, 1.82) is 0 Å². The van der Waals surface area contributed by atoms with Crippen LogP contribution in [0.4, 0.5) is 10.6 Å². The Balaban J connectivity index is 1.62. The Kier molecular flexibility index (Phi) is 5.07. The van der Waals surface area contributed by atoms with Crippen LogP contribution in [0.1, 0.15) is 6.92 Å². The lowest BCUT2D eigenvalue weighted by atomic mass is 10.1. The van der Waals surface area contributed by atoms with Crippen LogP contribution < -0.4 is 10.2 Å². The second kappa shape index (κ2) is 7.60. The van der Waals surface area contributed by atoms with Gasteiger partial charge in [0.25, 0.3) is 5.70 Å². The quantitative estimate of drug-likeness (QED) is 0.624. The van der Waals surface area contributed by atoms with E-state index in [9.17, 15) is 14.9 Å². The van der Waals surface area contributed by atoms with E-state index in [0.29, 0.717) is 12.4 Å². The Morgan fingerprint density at radius 3 is 2.88 bits per heavy atom. The maximum absolute atomic E-state index is 12.0. The normalized spacial score (nSPS) is 17.1. The van der Waals surface area contributed by atoms with Gasteiger partial charge in [0.05, 0.1) is 24.2 Å². The van der Waals surface area contributed by atoms with Crippen LogP contribution in [0.25, 0.3) is 11.1 Å². The minimum absolute atomic E-state index is 0.0150. The van der Waals surface area contributed by atoms with Crippen LogP contribution in [0.15, 0.2) is 54.8 Å². The number of nitro groups is 1. The van der Waals surface area contributed by atoms with Crippen molar-refractivity contribution in [2.24, 2.45) is 0 Å². The summed E-state index contributed by atoms with van der Waals surface area (Å²) in [6.45, 7) is 1.98. The van der Waals surface area contributed by atoms with Gasteiger partial charge in [-0.3, -0.25) is 20.0 Å². The molecule has 1 N–H and O–H groups in total. The zero-order chi connectivity index (χ0) is 18.5. The van der Waals surface area contributed by atoms with Gasteiger partial charge in [-0.25, -0.2) is 9.78 Å². The Bertz CT molecular complexity index is 823. The Labute approximate surface area is 149 Å². The van der Waals surface area contributed by atoms with E-state index in [1.807, 2.05) is 18.2 Å². The molecule has 0 bridgehead atoms. The molecule has 1 fully saturated rings. The van der Waals surface area contributed by atoms with E-state index in [1.165, 1.54) is 18.0 Å². The minimum atomic E-state index is -0.492. The molecule has 0 spiro atoms. The van der Waals surface area contributed by atoms with E-state index >= 15 is 0 Å². The van der Waals surface area contributed by atoms with Gasteiger partial charge in [-0.05, 0) is 18.2 Å². The number of nitrogens with zero attached hydrogens (tertiary/aromatic N) is 4. The van der Waals surface area contributed by atoms with E-state index in [0.717, 1.165) is 11.1 Å². The van der Waals surface area contributed by atoms with Crippen LogP contribution in [-0.4, -0.2) is 40.2 Å². The summed E-state index contributed by atoms with van der Waals surface area (Å²) in [5.74, 6) is 0.488. The zero-order valence-corrected chi connectivity index (χ0v) is 14.0. The molecule has 0 unspecified atom stereocenters. The number of aromatic nitrogens is 2. The molecule has 3 heterocycles. The molecule has 9 nitrogen and oxygen atoms in total. The standard InChI is InChI=1S/C17H17N5O4/c1-12(22(24)25)7-19-10-15-11-21(17(23)26-15)16-5-4-14(9-20-16)13-3-2-6-18-8-13/h2-9,15,19H,10-11H2,1H3/t15-/m0/s1. The molecule has 2 aromatic rings.